The second-order valence-electron chi connectivity index (χ2n) is 4.24. The van der Waals surface area contributed by atoms with Gasteiger partial charge in [-0.25, -0.2) is 0 Å². The molecule has 90 valence electrons. The quantitative estimate of drug-likeness (QED) is 0.773. The third-order valence-corrected chi connectivity index (χ3v) is 3.55. The predicted molar refractivity (Wildman–Crippen MR) is 72.9 cm³/mol. The summed E-state index contributed by atoms with van der Waals surface area (Å²) in [6.07, 6.45) is 0.993. The summed E-state index contributed by atoms with van der Waals surface area (Å²) in [5, 5.41) is 0. The maximum absolute atomic E-state index is 5.97. The Morgan fingerprint density at radius 3 is 2.38 bits per heavy atom. The van der Waals surface area contributed by atoms with Crippen LogP contribution in [0.3, 0.4) is 0 Å². The highest BCUT2D eigenvalue weighted by Gasteiger charge is 2.02. The smallest absolute Gasteiger partial charge is 0.0292 e. The van der Waals surface area contributed by atoms with Gasteiger partial charge in [0.15, 0.2) is 0 Å². The molecule has 0 fully saturated rings. The van der Waals surface area contributed by atoms with Gasteiger partial charge in [0.25, 0.3) is 0 Å². The minimum Gasteiger partial charge on any atom is -0.324 e. The zero-order valence-corrected chi connectivity index (χ0v) is 11.3. The number of thioether (sulfide) groups is 1. The average Bonchev–Trinajstić information content (AvgIpc) is 2.28. The van der Waals surface area contributed by atoms with Gasteiger partial charge < -0.3 is 10.6 Å². The summed E-state index contributed by atoms with van der Waals surface area (Å²) in [6, 6.07) is 8.81. The fraction of sp³-hybridized carbons (Fsp3) is 0.538. The summed E-state index contributed by atoms with van der Waals surface area (Å²) in [6.45, 7) is 3.23. The molecule has 2 nitrogen and oxygen atoms in total. The minimum atomic E-state index is 0.181. The molecule has 0 saturated heterocycles. The van der Waals surface area contributed by atoms with Crippen molar-refractivity contribution in [3.8, 4) is 0 Å². The maximum Gasteiger partial charge on any atom is 0.0292 e. The molecule has 0 amide bonds. The van der Waals surface area contributed by atoms with E-state index in [1.165, 1.54) is 10.5 Å². The lowest BCUT2D eigenvalue weighted by Crippen LogP contribution is -2.14. The van der Waals surface area contributed by atoms with Crippen LogP contribution in [0.15, 0.2) is 29.2 Å². The van der Waals surface area contributed by atoms with Gasteiger partial charge in [-0.2, -0.15) is 0 Å². The fourth-order valence-corrected chi connectivity index (χ4v) is 2.41. The Kier molecular flexibility index (Phi) is 5.88. The highest BCUT2D eigenvalue weighted by molar-refractivity contribution is 7.99. The molecule has 2 N–H and O–H groups in total. The molecule has 0 saturated carbocycles. The monoisotopic (exact) mass is 238 g/mol. The van der Waals surface area contributed by atoms with Crippen LogP contribution in [0, 0.1) is 0 Å². The summed E-state index contributed by atoms with van der Waals surface area (Å²) in [5.74, 6) is 1.13. The number of hydrogen-bond donors (Lipinski definition) is 1. The molecule has 1 aromatic rings. The van der Waals surface area contributed by atoms with E-state index in [1.807, 2.05) is 11.8 Å². The molecule has 1 atom stereocenters. The average molecular weight is 238 g/mol. The van der Waals surface area contributed by atoms with Crippen molar-refractivity contribution in [3.05, 3.63) is 29.8 Å². The number of nitrogens with two attached hydrogens (primary N) is 1. The van der Waals surface area contributed by atoms with Crippen LogP contribution >= 0.6 is 11.8 Å². The number of nitrogens with zero attached hydrogens (tertiary/aromatic N) is 1. The molecule has 0 heterocycles. The molecule has 0 radical (unpaired) electrons. The summed E-state index contributed by atoms with van der Waals surface area (Å²) in [5.41, 5.74) is 7.21. The molecule has 0 bridgehead atoms. The molecule has 0 aliphatic carbocycles. The molecule has 16 heavy (non-hydrogen) atoms. The summed E-state index contributed by atoms with van der Waals surface area (Å²) in [4.78, 5) is 3.53. The Hall–Kier alpha value is -0.510. The van der Waals surface area contributed by atoms with E-state index in [2.05, 4.69) is 50.2 Å². The van der Waals surface area contributed by atoms with E-state index in [0.717, 1.165) is 18.7 Å². The molecule has 0 aliphatic rings. The number of hydrogen-bond acceptors (Lipinski definition) is 3. The van der Waals surface area contributed by atoms with Crippen molar-refractivity contribution in [2.45, 2.75) is 24.3 Å². The van der Waals surface area contributed by atoms with Crippen molar-refractivity contribution >= 4 is 11.8 Å². The van der Waals surface area contributed by atoms with Crippen LogP contribution in [0.5, 0.6) is 0 Å². The van der Waals surface area contributed by atoms with Crippen molar-refractivity contribution in [1.82, 2.24) is 4.90 Å². The Bertz CT molecular complexity index is 295. The first-order chi connectivity index (χ1) is 7.63. The van der Waals surface area contributed by atoms with Crippen molar-refractivity contribution < 1.29 is 0 Å². The maximum atomic E-state index is 5.97. The second kappa shape index (κ2) is 6.94. The zero-order valence-electron chi connectivity index (χ0n) is 10.4. The van der Waals surface area contributed by atoms with Gasteiger partial charge in [0.1, 0.15) is 0 Å². The summed E-state index contributed by atoms with van der Waals surface area (Å²) in [7, 11) is 4.20. The topological polar surface area (TPSA) is 29.3 Å². The lowest BCUT2D eigenvalue weighted by molar-refractivity contribution is 0.437. The number of rotatable bonds is 6. The normalized spacial score (nSPS) is 13.1. The first-order valence-corrected chi connectivity index (χ1v) is 6.75. The van der Waals surface area contributed by atoms with Crippen LogP contribution < -0.4 is 5.73 Å². The fourth-order valence-electron chi connectivity index (χ4n) is 1.39. The Balaban J connectivity index is 2.45. The van der Waals surface area contributed by atoms with Crippen LogP contribution in [-0.4, -0.2) is 31.3 Å². The van der Waals surface area contributed by atoms with Gasteiger partial charge in [0.2, 0.25) is 0 Å². The lowest BCUT2D eigenvalue weighted by atomic mass is 10.1. The molecule has 1 aromatic carbocycles. The van der Waals surface area contributed by atoms with Crippen LogP contribution in [-0.2, 0) is 0 Å². The third kappa shape index (κ3) is 4.56. The van der Waals surface area contributed by atoms with Crippen molar-refractivity contribution in [2.24, 2.45) is 5.73 Å². The van der Waals surface area contributed by atoms with Crippen molar-refractivity contribution in [3.63, 3.8) is 0 Å². The molecule has 0 aliphatic heterocycles. The van der Waals surface area contributed by atoms with Gasteiger partial charge in [-0.05, 0) is 38.2 Å². The molecule has 0 spiro atoms. The van der Waals surface area contributed by atoms with Gasteiger partial charge in [-0.1, -0.05) is 19.1 Å². The third-order valence-electron chi connectivity index (χ3n) is 2.56. The SMILES string of the molecule is CC[C@H](N)c1ccc(SCCN(C)C)cc1. The van der Waals surface area contributed by atoms with E-state index in [-0.39, 0.29) is 6.04 Å². The van der Waals surface area contributed by atoms with E-state index in [9.17, 15) is 0 Å². The Morgan fingerprint density at radius 1 is 1.25 bits per heavy atom. The van der Waals surface area contributed by atoms with Crippen LogP contribution in [0.1, 0.15) is 24.9 Å². The number of benzene rings is 1. The summed E-state index contributed by atoms with van der Waals surface area (Å²) >= 11 is 1.89. The van der Waals surface area contributed by atoms with Crippen molar-refractivity contribution in [2.75, 3.05) is 26.4 Å². The highest BCUT2D eigenvalue weighted by atomic mass is 32.2. The van der Waals surface area contributed by atoms with Gasteiger partial charge in [-0.15, -0.1) is 11.8 Å². The Morgan fingerprint density at radius 2 is 1.88 bits per heavy atom. The molecule has 1 rings (SSSR count). The van der Waals surface area contributed by atoms with E-state index in [4.69, 9.17) is 5.73 Å². The van der Waals surface area contributed by atoms with E-state index in [0.29, 0.717) is 0 Å². The zero-order chi connectivity index (χ0) is 12.0. The highest BCUT2D eigenvalue weighted by Crippen LogP contribution is 2.21. The van der Waals surface area contributed by atoms with Gasteiger partial charge in [-0.3, -0.25) is 0 Å². The van der Waals surface area contributed by atoms with E-state index < -0.39 is 0 Å². The van der Waals surface area contributed by atoms with Crippen LogP contribution in [0.2, 0.25) is 0 Å². The second-order valence-corrected chi connectivity index (χ2v) is 5.40. The van der Waals surface area contributed by atoms with Gasteiger partial charge in [0, 0.05) is 23.2 Å². The molecule has 0 aromatic heterocycles. The lowest BCUT2D eigenvalue weighted by Gasteiger charge is -2.11. The van der Waals surface area contributed by atoms with E-state index in [1.54, 1.807) is 0 Å². The largest absolute Gasteiger partial charge is 0.324 e. The van der Waals surface area contributed by atoms with Gasteiger partial charge in [0.05, 0.1) is 0 Å². The molecule has 0 unspecified atom stereocenters. The first-order valence-electron chi connectivity index (χ1n) is 5.76. The van der Waals surface area contributed by atoms with E-state index >= 15 is 0 Å². The van der Waals surface area contributed by atoms with Crippen LogP contribution in [0.25, 0.3) is 0 Å². The van der Waals surface area contributed by atoms with Gasteiger partial charge >= 0.3 is 0 Å². The standard InChI is InChI=1S/C13H22N2S/c1-4-13(14)11-5-7-12(8-6-11)16-10-9-15(2)3/h5-8,13H,4,9-10,14H2,1-3H3/t13-/m0/s1. The molecular formula is C13H22N2S. The minimum absolute atomic E-state index is 0.181. The molecule has 3 heteroatoms. The first kappa shape index (κ1) is 13.6. The molecular weight excluding hydrogens is 216 g/mol. The summed E-state index contributed by atoms with van der Waals surface area (Å²) < 4.78 is 0. The van der Waals surface area contributed by atoms with Crippen molar-refractivity contribution in [1.29, 1.82) is 0 Å². The Labute approximate surface area is 103 Å². The van der Waals surface area contributed by atoms with Crippen LogP contribution in [0.4, 0.5) is 0 Å². The predicted octanol–water partition coefficient (Wildman–Crippen LogP) is 2.75.